The van der Waals surface area contributed by atoms with Gasteiger partial charge in [0.05, 0.1) is 18.9 Å². The number of sulfonamides is 1. The Morgan fingerprint density at radius 2 is 1.71 bits per heavy atom. The molecule has 0 amide bonds. The maximum atomic E-state index is 13.4. The summed E-state index contributed by atoms with van der Waals surface area (Å²) in [4.78, 5) is 10.8. The minimum atomic E-state index is -3.71. The minimum absolute atomic E-state index is 0.143. The van der Waals surface area contributed by atoms with Gasteiger partial charge in [-0.05, 0) is 37.8 Å². The number of morpholine rings is 1. The third-order valence-electron chi connectivity index (χ3n) is 5.55. The molecular weight excluding hydrogens is 380 g/mol. The van der Waals surface area contributed by atoms with Crippen LogP contribution in [-0.4, -0.2) is 56.6 Å². The molecule has 0 radical (unpaired) electrons. The molecule has 2 fully saturated rings. The lowest BCUT2D eigenvalue weighted by atomic mass is 9.87. The van der Waals surface area contributed by atoms with Gasteiger partial charge < -0.3 is 16.2 Å². The molecule has 28 heavy (non-hydrogen) atoms. The Morgan fingerprint density at radius 1 is 1.04 bits per heavy atom. The lowest BCUT2D eigenvalue weighted by Crippen LogP contribution is -2.58. The highest BCUT2D eigenvalue weighted by molar-refractivity contribution is 7.89. The SMILES string of the molecule is NC1=NC2(CCCCC2)N(c2ccccc2S(=O)(=O)N2CCOCC2)C(N)=N1. The lowest BCUT2D eigenvalue weighted by molar-refractivity contribution is 0.0730. The predicted octanol–water partition coefficient (Wildman–Crippen LogP) is 0.817. The first-order chi connectivity index (χ1) is 13.4. The van der Waals surface area contributed by atoms with Crippen LogP contribution in [0.2, 0.25) is 0 Å². The van der Waals surface area contributed by atoms with E-state index >= 15 is 0 Å². The normalized spacial score (nSPS) is 23.4. The Morgan fingerprint density at radius 3 is 2.43 bits per heavy atom. The minimum Gasteiger partial charge on any atom is -0.379 e. The zero-order valence-electron chi connectivity index (χ0n) is 15.7. The number of aliphatic imine (C=N–C) groups is 2. The Hall–Kier alpha value is -2.17. The van der Waals surface area contributed by atoms with Crippen LogP contribution in [0.15, 0.2) is 39.1 Å². The van der Waals surface area contributed by atoms with E-state index in [1.54, 1.807) is 29.2 Å². The van der Waals surface area contributed by atoms with Crippen molar-refractivity contribution in [2.75, 3.05) is 31.2 Å². The van der Waals surface area contributed by atoms with Crippen LogP contribution in [0.25, 0.3) is 0 Å². The molecule has 152 valence electrons. The van der Waals surface area contributed by atoms with Crippen molar-refractivity contribution >= 4 is 27.6 Å². The van der Waals surface area contributed by atoms with Crippen molar-refractivity contribution in [2.45, 2.75) is 42.7 Å². The second-order valence-electron chi connectivity index (χ2n) is 7.30. The summed E-state index contributed by atoms with van der Waals surface area (Å²) in [5, 5.41) is 0. The van der Waals surface area contributed by atoms with E-state index in [0.717, 1.165) is 32.1 Å². The number of guanidine groups is 2. The summed E-state index contributed by atoms with van der Waals surface area (Å²) in [6.07, 6.45) is 4.54. The van der Waals surface area contributed by atoms with Gasteiger partial charge in [-0.25, -0.2) is 13.4 Å². The fourth-order valence-corrected chi connectivity index (χ4v) is 5.84. The van der Waals surface area contributed by atoms with E-state index in [2.05, 4.69) is 9.98 Å². The number of rotatable bonds is 3. The molecule has 1 spiro atoms. The number of hydrogen-bond acceptors (Lipinski definition) is 8. The lowest BCUT2D eigenvalue weighted by Gasteiger charge is -2.46. The standard InChI is InChI=1S/C18H26N6O3S/c19-16-21-17(20)24(18(22-16)8-4-1-5-9-18)14-6-2-3-7-15(14)28(25,26)23-10-12-27-13-11-23/h2-3,6-7H,1,4-5,8-13H2,(H4,19,20,21,22). The highest BCUT2D eigenvalue weighted by Crippen LogP contribution is 2.41. The third kappa shape index (κ3) is 3.25. The van der Waals surface area contributed by atoms with E-state index in [9.17, 15) is 8.42 Å². The van der Waals surface area contributed by atoms with Gasteiger partial charge in [0.25, 0.3) is 0 Å². The number of nitrogens with two attached hydrogens (primary N) is 2. The molecule has 3 aliphatic rings. The van der Waals surface area contributed by atoms with Crippen molar-refractivity contribution in [2.24, 2.45) is 21.5 Å². The molecule has 0 aromatic heterocycles. The van der Waals surface area contributed by atoms with Crippen molar-refractivity contribution in [1.29, 1.82) is 0 Å². The van der Waals surface area contributed by atoms with Crippen molar-refractivity contribution in [3.8, 4) is 0 Å². The first-order valence-electron chi connectivity index (χ1n) is 9.61. The van der Waals surface area contributed by atoms with Crippen LogP contribution in [0, 0.1) is 0 Å². The predicted molar refractivity (Wildman–Crippen MR) is 108 cm³/mol. The Balaban J connectivity index is 1.82. The molecule has 2 aliphatic heterocycles. The highest BCUT2D eigenvalue weighted by Gasteiger charge is 2.44. The topological polar surface area (TPSA) is 127 Å². The van der Waals surface area contributed by atoms with Gasteiger partial charge in [0, 0.05) is 13.1 Å². The molecule has 4 N–H and O–H groups in total. The van der Waals surface area contributed by atoms with Gasteiger partial charge in [-0.3, -0.25) is 4.90 Å². The van der Waals surface area contributed by atoms with Crippen molar-refractivity contribution < 1.29 is 13.2 Å². The quantitative estimate of drug-likeness (QED) is 0.765. The van der Waals surface area contributed by atoms with Gasteiger partial charge in [0.1, 0.15) is 10.6 Å². The average Bonchev–Trinajstić information content (AvgIpc) is 2.69. The number of benzene rings is 1. The van der Waals surface area contributed by atoms with Crippen LogP contribution in [0.1, 0.15) is 32.1 Å². The van der Waals surface area contributed by atoms with Gasteiger partial charge >= 0.3 is 0 Å². The Kier molecular flexibility index (Phi) is 5.02. The maximum absolute atomic E-state index is 13.4. The fraction of sp³-hybridized carbons (Fsp3) is 0.556. The summed E-state index contributed by atoms with van der Waals surface area (Å²) < 4.78 is 33.6. The molecule has 1 aliphatic carbocycles. The Labute approximate surface area is 165 Å². The molecule has 0 bridgehead atoms. The van der Waals surface area contributed by atoms with Crippen LogP contribution >= 0.6 is 0 Å². The van der Waals surface area contributed by atoms with Crippen molar-refractivity contribution in [3.63, 3.8) is 0 Å². The van der Waals surface area contributed by atoms with Gasteiger partial charge in [0.15, 0.2) is 0 Å². The van der Waals surface area contributed by atoms with Crippen LogP contribution in [0.3, 0.4) is 0 Å². The van der Waals surface area contributed by atoms with E-state index in [1.165, 1.54) is 4.31 Å². The van der Waals surface area contributed by atoms with E-state index in [0.29, 0.717) is 32.0 Å². The van der Waals surface area contributed by atoms with E-state index < -0.39 is 15.7 Å². The average molecular weight is 407 g/mol. The molecule has 2 heterocycles. The number of hydrogen-bond donors (Lipinski definition) is 2. The van der Waals surface area contributed by atoms with Crippen LogP contribution in [0.5, 0.6) is 0 Å². The first-order valence-corrected chi connectivity index (χ1v) is 11.0. The van der Waals surface area contributed by atoms with Crippen LogP contribution in [-0.2, 0) is 14.8 Å². The molecule has 1 saturated heterocycles. The number of para-hydroxylation sites is 1. The Bertz CT molecular complexity index is 902. The maximum Gasteiger partial charge on any atom is 0.245 e. The number of ether oxygens (including phenoxy) is 1. The molecule has 4 rings (SSSR count). The number of nitrogens with zero attached hydrogens (tertiary/aromatic N) is 4. The first kappa shape index (κ1) is 19.2. The second-order valence-corrected chi connectivity index (χ2v) is 9.21. The van der Waals surface area contributed by atoms with Gasteiger partial charge in [0.2, 0.25) is 21.9 Å². The molecule has 1 aromatic rings. The monoisotopic (exact) mass is 406 g/mol. The van der Waals surface area contributed by atoms with Gasteiger partial charge in [-0.1, -0.05) is 18.6 Å². The largest absolute Gasteiger partial charge is 0.379 e. The smallest absolute Gasteiger partial charge is 0.245 e. The second kappa shape index (κ2) is 7.34. The summed E-state index contributed by atoms with van der Waals surface area (Å²) in [7, 11) is -3.71. The van der Waals surface area contributed by atoms with Gasteiger partial charge in [-0.2, -0.15) is 9.30 Å². The molecule has 10 heteroatoms. The molecular formula is C18H26N6O3S. The van der Waals surface area contributed by atoms with Crippen molar-refractivity contribution in [1.82, 2.24) is 4.31 Å². The molecule has 1 saturated carbocycles. The molecule has 0 unspecified atom stereocenters. The summed E-state index contributed by atoms with van der Waals surface area (Å²) in [5.41, 5.74) is 12.0. The molecule has 1 aromatic carbocycles. The van der Waals surface area contributed by atoms with Crippen LogP contribution in [0.4, 0.5) is 5.69 Å². The van der Waals surface area contributed by atoms with E-state index in [4.69, 9.17) is 16.2 Å². The van der Waals surface area contributed by atoms with Crippen LogP contribution < -0.4 is 16.4 Å². The fourth-order valence-electron chi connectivity index (χ4n) is 4.26. The van der Waals surface area contributed by atoms with Gasteiger partial charge in [-0.15, -0.1) is 0 Å². The van der Waals surface area contributed by atoms with E-state index in [-0.39, 0.29) is 16.8 Å². The summed E-state index contributed by atoms with van der Waals surface area (Å²) >= 11 is 0. The highest BCUT2D eigenvalue weighted by atomic mass is 32.2. The summed E-state index contributed by atoms with van der Waals surface area (Å²) in [5.74, 6) is 0.322. The zero-order chi connectivity index (χ0) is 19.8. The summed E-state index contributed by atoms with van der Waals surface area (Å²) in [6.45, 7) is 1.44. The van der Waals surface area contributed by atoms with E-state index in [1.807, 2.05) is 0 Å². The summed E-state index contributed by atoms with van der Waals surface area (Å²) in [6, 6.07) is 6.91. The third-order valence-corrected chi connectivity index (χ3v) is 7.49. The zero-order valence-corrected chi connectivity index (χ0v) is 16.6. The molecule has 9 nitrogen and oxygen atoms in total. The van der Waals surface area contributed by atoms with Crippen molar-refractivity contribution in [3.05, 3.63) is 24.3 Å². The number of anilines is 1. The molecule has 0 atom stereocenters.